The zero-order valence-corrected chi connectivity index (χ0v) is 14.6. The molecule has 2 aromatic carbocycles. The largest absolute Gasteiger partial charge is 0.497 e. The van der Waals surface area contributed by atoms with Gasteiger partial charge in [-0.2, -0.15) is 5.26 Å². The lowest BCUT2D eigenvalue weighted by Crippen LogP contribution is -2.14. The van der Waals surface area contributed by atoms with Gasteiger partial charge in [-0.25, -0.2) is 9.37 Å². The van der Waals surface area contributed by atoms with Crippen LogP contribution in [-0.2, 0) is 4.79 Å². The van der Waals surface area contributed by atoms with E-state index < -0.39 is 0 Å². The van der Waals surface area contributed by atoms with E-state index in [4.69, 9.17) is 4.74 Å². The van der Waals surface area contributed by atoms with Gasteiger partial charge in [-0.1, -0.05) is 11.8 Å². The highest BCUT2D eigenvalue weighted by atomic mass is 32.2. The zero-order valence-electron chi connectivity index (χ0n) is 13.8. The summed E-state index contributed by atoms with van der Waals surface area (Å²) < 4.78 is 18.1. The van der Waals surface area contributed by atoms with Gasteiger partial charge in [0.1, 0.15) is 22.7 Å². The molecule has 0 atom stereocenters. The van der Waals surface area contributed by atoms with Crippen molar-refractivity contribution in [3.8, 4) is 11.8 Å². The van der Waals surface area contributed by atoms with E-state index in [1.54, 1.807) is 31.4 Å². The Bertz CT molecular complexity index is 1000. The number of pyridine rings is 1. The van der Waals surface area contributed by atoms with Crippen molar-refractivity contribution in [1.29, 1.82) is 5.26 Å². The molecule has 7 heteroatoms. The van der Waals surface area contributed by atoms with E-state index >= 15 is 0 Å². The maximum Gasteiger partial charge on any atom is 0.234 e. The van der Waals surface area contributed by atoms with Crippen LogP contribution in [0.4, 0.5) is 10.1 Å². The molecule has 0 spiro atoms. The molecule has 0 aliphatic carbocycles. The van der Waals surface area contributed by atoms with Crippen molar-refractivity contribution < 1.29 is 13.9 Å². The van der Waals surface area contributed by atoms with Crippen LogP contribution in [0, 0.1) is 17.1 Å². The van der Waals surface area contributed by atoms with Crippen LogP contribution in [0.5, 0.6) is 5.75 Å². The van der Waals surface area contributed by atoms with Gasteiger partial charge in [0.05, 0.1) is 23.9 Å². The summed E-state index contributed by atoms with van der Waals surface area (Å²) in [5.74, 6) is 0.137. The van der Waals surface area contributed by atoms with Crippen molar-refractivity contribution >= 4 is 34.3 Å². The minimum atomic E-state index is -0.368. The Balaban J connectivity index is 1.74. The molecule has 0 fully saturated rings. The molecule has 0 bridgehead atoms. The summed E-state index contributed by atoms with van der Waals surface area (Å²) in [4.78, 5) is 16.5. The van der Waals surface area contributed by atoms with Crippen LogP contribution in [0.2, 0.25) is 0 Å². The fourth-order valence-electron chi connectivity index (χ4n) is 2.32. The molecule has 5 nitrogen and oxygen atoms in total. The topological polar surface area (TPSA) is 75.0 Å². The molecule has 26 heavy (non-hydrogen) atoms. The number of ether oxygens (including phenoxy) is 1. The summed E-state index contributed by atoms with van der Waals surface area (Å²) in [5.41, 5.74) is 1.62. The van der Waals surface area contributed by atoms with Crippen LogP contribution < -0.4 is 10.1 Å². The van der Waals surface area contributed by atoms with Crippen LogP contribution in [0.3, 0.4) is 0 Å². The number of nitriles is 1. The van der Waals surface area contributed by atoms with E-state index in [-0.39, 0.29) is 17.5 Å². The molecule has 0 radical (unpaired) electrons. The van der Waals surface area contributed by atoms with Gasteiger partial charge in [0.2, 0.25) is 5.91 Å². The number of nitrogens with one attached hydrogen (secondary N) is 1. The average Bonchev–Trinajstić information content (AvgIpc) is 2.66. The lowest BCUT2D eigenvalue weighted by Gasteiger charge is -2.08. The first-order valence-corrected chi connectivity index (χ1v) is 8.65. The highest BCUT2D eigenvalue weighted by Crippen LogP contribution is 2.27. The van der Waals surface area contributed by atoms with Gasteiger partial charge >= 0.3 is 0 Å². The number of carbonyl (C=O) groups excluding carboxylic acids is 1. The molecule has 0 saturated heterocycles. The van der Waals surface area contributed by atoms with Crippen molar-refractivity contribution in [2.75, 3.05) is 18.2 Å². The van der Waals surface area contributed by atoms with Crippen molar-refractivity contribution in [3.63, 3.8) is 0 Å². The molecule has 130 valence electrons. The van der Waals surface area contributed by atoms with Crippen LogP contribution in [0.1, 0.15) is 5.56 Å². The number of benzene rings is 2. The fraction of sp³-hybridized carbons (Fsp3) is 0.105. The molecule has 3 rings (SSSR count). The Kier molecular flexibility index (Phi) is 5.34. The molecule has 0 saturated carbocycles. The standard InChI is InChI=1S/C19H14FN3O2S/c1-25-16-6-7-17-12(9-16)8-13(10-21)19(23-17)26-11-18(24)22-15-4-2-14(20)3-5-15/h2-9H,11H2,1H3,(H,22,24). The second-order valence-corrected chi connectivity index (χ2v) is 6.32. The monoisotopic (exact) mass is 367 g/mol. The van der Waals surface area contributed by atoms with Gasteiger partial charge in [-0.3, -0.25) is 4.79 Å². The van der Waals surface area contributed by atoms with Gasteiger partial charge in [0.25, 0.3) is 0 Å². The molecule has 0 aliphatic rings. The number of nitrogens with zero attached hydrogens (tertiary/aromatic N) is 2. The molecule has 0 aliphatic heterocycles. The number of amides is 1. The first kappa shape index (κ1) is 17.7. The summed E-state index contributed by atoms with van der Waals surface area (Å²) in [7, 11) is 1.57. The van der Waals surface area contributed by atoms with Crippen molar-refractivity contribution in [1.82, 2.24) is 4.98 Å². The lowest BCUT2D eigenvalue weighted by molar-refractivity contribution is -0.113. The molecule has 1 aromatic heterocycles. The number of fused-ring (bicyclic) bond motifs is 1. The summed E-state index contributed by atoms with van der Waals surface area (Å²) in [6.07, 6.45) is 0. The van der Waals surface area contributed by atoms with Gasteiger partial charge in [0, 0.05) is 11.1 Å². The minimum Gasteiger partial charge on any atom is -0.497 e. The minimum absolute atomic E-state index is 0.0840. The average molecular weight is 367 g/mol. The summed E-state index contributed by atoms with van der Waals surface area (Å²) in [6, 6.07) is 14.8. The maximum absolute atomic E-state index is 12.9. The van der Waals surface area contributed by atoms with Gasteiger partial charge in [-0.15, -0.1) is 0 Å². The van der Waals surface area contributed by atoms with Crippen molar-refractivity contribution in [2.24, 2.45) is 0 Å². The first-order valence-electron chi connectivity index (χ1n) is 7.66. The van der Waals surface area contributed by atoms with Crippen molar-refractivity contribution in [2.45, 2.75) is 5.03 Å². The Morgan fingerprint density at radius 1 is 1.27 bits per heavy atom. The predicted molar refractivity (Wildman–Crippen MR) is 98.8 cm³/mol. The Morgan fingerprint density at radius 3 is 2.73 bits per heavy atom. The molecule has 0 unspecified atom stereocenters. The number of thioether (sulfide) groups is 1. The first-order chi connectivity index (χ1) is 12.6. The van der Waals surface area contributed by atoms with Crippen LogP contribution in [-0.4, -0.2) is 23.8 Å². The SMILES string of the molecule is COc1ccc2nc(SCC(=O)Nc3ccc(F)cc3)c(C#N)cc2c1. The maximum atomic E-state index is 12.9. The van der Waals surface area contributed by atoms with Crippen molar-refractivity contribution in [3.05, 3.63) is 59.9 Å². The highest BCUT2D eigenvalue weighted by Gasteiger charge is 2.11. The Labute approximate surface area is 153 Å². The molecular formula is C19H14FN3O2S. The molecule has 1 N–H and O–H groups in total. The van der Waals surface area contributed by atoms with Gasteiger partial charge in [0.15, 0.2) is 0 Å². The van der Waals surface area contributed by atoms with Gasteiger partial charge in [-0.05, 0) is 48.5 Å². The smallest absolute Gasteiger partial charge is 0.234 e. The summed E-state index contributed by atoms with van der Waals surface area (Å²) >= 11 is 1.18. The van der Waals surface area contributed by atoms with Crippen LogP contribution >= 0.6 is 11.8 Å². The van der Waals surface area contributed by atoms with E-state index in [1.807, 2.05) is 0 Å². The third-order valence-corrected chi connectivity index (χ3v) is 4.57. The molecule has 1 amide bonds. The normalized spacial score (nSPS) is 10.3. The third kappa shape index (κ3) is 4.10. The fourth-order valence-corrected chi connectivity index (χ4v) is 3.08. The quantitative estimate of drug-likeness (QED) is 0.690. The zero-order chi connectivity index (χ0) is 18.5. The number of aromatic nitrogens is 1. The number of halogens is 1. The number of carbonyl (C=O) groups is 1. The third-order valence-electron chi connectivity index (χ3n) is 3.58. The van der Waals surface area contributed by atoms with E-state index in [0.29, 0.717) is 27.5 Å². The number of anilines is 1. The van der Waals surface area contributed by atoms with E-state index in [0.717, 1.165) is 5.39 Å². The van der Waals surface area contributed by atoms with Crippen LogP contribution in [0.25, 0.3) is 10.9 Å². The Morgan fingerprint density at radius 2 is 2.04 bits per heavy atom. The summed E-state index contributed by atoms with van der Waals surface area (Å²) in [5, 5.41) is 13.3. The molecule has 1 heterocycles. The number of hydrogen-bond donors (Lipinski definition) is 1. The predicted octanol–water partition coefficient (Wildman–Crippen LogP) is 3.98. The second kappa shape index (κ2) is 7.85. The van der Waals surface area contributed by atoms with E-state index in [1.165, 1.54) is 36.0 Å². The van der Waals surface area contributed by atoms with Crippen LogP contribution in [0.15, 0.2) is 53.6 Å². The number of rotatable bonds is 5. The lowest BCUT2D eigenvalue weighted by atomic mass is 10.1. The van der Waals surface area contributed by atoms with Gasteiger partial charge < -0.3 is 10.1 Å². The molecular weight excluding hydrogens is 353 g/mol. The summed E-state index contributed by atoms with van der Waals surface area (Å²) in [6.45, 7) is 0. The Hall–Kier alpha value is -3.11. The molecule has 3 aromatic rings. The number of hydrogen-bond acceptors (Lipinski definition) is 5. The van der Waals surface area contributed by atoms with E-state index in [9.17, 15) is 14.4 Å². The highest BCUT2D eigenvalue weighted by molar-refractivity contribution is 8.00. The second-order valence-electron chi connectivity index (χ2n) is 5.36. The number of methoxy groups -OCH3 is 1. The van der Waals surface area contributed by atoms with E-state index in [2.05, 4.69) is 16.4 Å².